The lowest BCUT2D eigenvalue weighted by Gasteiger charge is -2.10. The van der Waals surface area contributed by atoms with Crippen LogP contribution in [0.5, 0.6) is 0 Å². The van der Waals surface area contributed by atoms with Gasteiger partial charge >= 0.3 is 5.97 Å². The van der Waals surface area contributed by atoms with E-state index in [1.165, 1.54) is 6.20 Å². The summed E-state index contributed by atoms with van der Waals surface area (Å²) in [5, 5.41) is 8.62. The summed E-state index contributed by atoms with van der Waals surface area (Å²) >= 11 is 0. The second-order valence-corrected chi connectivity index (χ2v) is 2.67. The van der Waals surface area contributed by atoms with Gasteiger partial charge in [0.2, 0.25) is 5.95 Å². The van der Waals surface area contributed by atoms with E-state index in [1.807, 2.05) is 0 Å². The summed E-state index contributed by atoms with van der Waals surface area (Å²) in [5.74, 6) is -0.753. The second kappa shape index (κ2) is 3.26. The Balaban J connectivity index is 3.13. The molecule has 3 N–H and O–H groups in total. The molecule has 0 aliphatic heterocycles. The van der Waals surface area contributed by atoms with Crippen LogP contribution in [0.15, 0.2) is 6.20 Å². The van der Waals surface area contributed by atoms with Crippen LogP contribution in [0, 0.1) is 0 Å². The lowest BCUT2D eigenvalue weighted by Crippen LogP contribution is -2.15. The van der Waals surface area contributed by atoms with Crippen molar-refractivity contribution in [3.8, 4) is 0 Å². The molecule has 0 saturated heterocycles. The third-order valence-corrected chi connectivity index (χ3v) is 1.44. The predicted molar refractivity (Wildman–Crippen MR) is 47.7 cm³/mol. The van der Waals surface area contributed by atoms with Gasteiger partial charge in [0.25, 0.3) is 0 Å². The van der Waals surface area contributed by atoms with Crippen molar-refractivity contribution in [2.24, 2.45) is 0 Å². The Bertz CT molecular complexity index is 337. The van der Waals surface area contributed by atoms with Gasteiger partial charge < -0.3 is 15.7 Å². The number of aromatic nitrogens is 2. The van der Waals surface area contributed by atoms with E-state index in [9.17, 15) is 4.79 Å². The van der Waals surface area contributed by atoms with Crippen LogP contribution in [0.4, 0.5) is 11.8 Å². The van der Waals surface area contributed by atoms with Crippen LogP contribution < -0.4 is 10.6 Å². The Morgan fingerprint density at radius 1 is 1.62 bits per heavy atom. The molecule has 0 saturated carbocycles. The molecule has 0 fully saturated rings. The molecule has 0 radical (unpaired) electrons. The number of carbonyl (C=O) groups is 1. The van der Waals surface area contributed by atoms with Gasteiger partial charge in [0, 0.05) is 20.3 Å². The fourth-order valence-corrected chi connectivity index (χ4v) is 0.765. The number of carboxylic acid groups (broad SMARTS) is 1. The maximum absolute atomic E-state index is 10.5. The van der Waals surface area contributed by atoms with E-state index in [4.69, 9.17) is 10.8 Å². The quantitative estimate of drug-likeness (QED) is 0.659. The Labute approximate surface area is 75.0 Å². The fourth-order valence-electron chi connectivity index (χ4n) is 0.765. The molecule has 0 bridgehead atoms. The first-order valence-electron chi connectivity index (χ1n) is 3.55. The van der Waals surface area contributed by atoms with Gasteiger partial charge in [0.15, 0.2) is 0 Å². The standard InChI is InChI=1S/C7H10N4O2/c1-11(2)7-9-3-4(6(12)13)5(8)10-7/h3H,1-2H3,(H,12,13)(H2,8,9,10). The maximum atomic E-state index is 10.5. The van der Waals surface area contributed by atoms with Crippen LogP contribution >= 0.6 is 0 Å². The molecular weight excluding hydrogens is 172 g/mol. The van der Waals surface area contributed by atoms with Crippen molar-refractivity contribution in [1.29, 1.82) is 0 Å². The molecule has 0 amide bonds. The third kappa shape index (κ3) is 1.84. The molecule has 13 heavy (non-hydrogen) atoms. The zero-order chi connectivity index (χ0) is 10.0. The molecular formula is C7H10N4O2. The van der Waals surface area contributed by atoms with E-state index in [0.29, 0.717) is 5.95 Å². The molecule has 0 atom stereocenters. The molecule has 0 aromatic carbocycles. The summed E-state index contributed by atoms with van der Waals surface area (Å²) in [5.41, 5.74) is 5.32. The van der Waals surface area contributed by atoms with E-state index < -0.39 is 5.97 Å². The van der Waals surface area contributed by atoms with Gasteiger partial charge in [-0.05, 0) is 0 Å². The van der Waals surface area contributed by atoms with Gasteiger partial charge in [0.1, 0.15) is 11.4 Å². The number of hydrogen-bond acceptors (Lipinski definition) is 5. The van der Waals surface area contributed by atoms with Crippen LogP contribution in [0.1, 0.15) is 10.4 Å². The summed E-state index contributed by atoms with van der Waals surface area (Å²) in [6, 6.07) is 0. The highest BCUT2D eigenvalue weighted by Gasteiger charge is 2.10. The minimum Gasteiger partial charge on any atom is -0.477 e. The van der Waals surface area contributed by atoms with Crippen LogP contribution in [0.2, 0.25) is 0 Å². The Kier molecular flexibility index (Phi) is 2.32. The molecule has 0 aliphatic carbocycles. The van der Waals surface area contributed by atoms with Crippen molar-refractivity contribution in [2.45, 2.75) is 0 Å². The van der Waals surface area contributed by atoms with Crippen LogP contribution in [-0.2, 0) is 0 Å². The van der Waals surface area contributed by atoms with Crippen molar-refractivity contribution in [2.75, 3.05) is 24.7 Å². The molecule has 0 aliphatic rings. The Morgan fingerprint density at radius 2 is 2.23 bits per heavy atom. The first kappa shape index (κ1) is 9.24. The van der Waals surface area contributed by atoms with E-state index in [1.54, 1.807) is 19.0 Å². The van der Waals surface area contributed by atoms with Crippen molar-refractivity contribution in [1.82, 2.24) is 9.97 Å². The molecule has 1 heterocycles. The highest BCUT2D eigenvalue weighted by molar-refractivity contribution is 5.92. The average molecular weight is 182 g/mol. The first-order chi connectivity index (χ1) is 6.02. The topological polar surface area (TPSA) is 92.3 Å². The van der Waals surface area contributed by atoms with Gasteiger partial charge in [-0.25, -0.2) is 9.78 Å². The highest BCUT2D eigenvalue weighted by atomic mass is 16.4. The number of anilines is 2. The molecule has 1 rings (SSSR count). The van der Waals surface area contributed by atoms with Gasteiger partial charge in [-0.15, -0.1) is 0 Å². The predicted octanol–water partition coefficient (Wildman–Crippen LogP) is -0.177. The molecule has 70 valence electrons. The third-order valence-electron chi connectivity index (χ3n) is 1.44. The van der Waals surface area contributed by atoms with Gasteiger partial charge in [0.05, 0.1) is 0 Å². The summed E-state index contributed by atoms with van der Waals surface area (Å²) in [6.45, 7) is 0. The van der Waals surface area contributed by atoms with Crippen LogP contribution in [-0.4, -0.2) is 35.1 Å². The lowest BCUT2D eigenvalue weighted by atomic mass is 10.3. The van der Waals surface area contributed by atoms with Crippen molar-refractivity contribution < 1.29 is 9.90 Å². The van der Waals surface area contributed by atoms with E-state index in [-0.39, 0.29) is 11.4 Å². The number of nitrogens with zero attached hydrogens (tertiary/aromatic N) is 3. The lowest BCUT2D eigenvalue weighted by molar-refractivity contribution is 0.0697. The zero-order valence-electron chi connectivity index (χ0n) is 7.35. The average Bonchev–Trinajstić information content (AvgIpc) is 2.03. The maximum Gasteiger partial charge on any atom is 0.341 e. The minimum absolute atomic E-state index is 0.0220. The molecule has 6 heteroatoms. The van der Waals surface area contributed by atoms with E-state index in [0.717, 1.165) is 0 Å². The van der Waals surface area contributed by atoms with Crippen molar-refractivity contribution >= 4 is 17.7 Å². The number of carboxylic acids is 1. The van der Waals surface area contributed by atoms with E-state index >= 15 is 0 Å². The molecule has 6 nitrogen and oxygen atoms in total. The Hall–Kier alpha value is -1.85. The van der Waals surface area contributed by atoms with Crippen molar-refractivity contribution in [3.63, 3.8) is 0 Å². The number of rotatable bonds is 2. The SMILES string of the molecule is CN(C)c1ncc(C(=O)O)c(N)n1. The number of nitrogen functional groups attached to an aromatic ring is 1. The number of nitrogens with two attached hydrogens (primary N) is 1. The van der Waals surface area contributed by atoms with E-state index in [2.05, 4.69) is 9.97 Å². The monoisotopic (exact) mass is 182 g/mol. The summed E-state index contributed by atoms with van der Waals surface area (Å²) in [6.07, 6.45) is 1.19. The molecule has 1 aromatic heterocycles. The highest BCUT2D eigenvalue weighted by Crippen LogP contribution is 2.10. The van der Waals surface area contributed by atoms with Crippen LogP contribution in [0.3, 0.4) is 0 Å². The minimum atomic E-state index is -1.12. The summed E-state index contributed by atoms with van der Waals surface area (Å²) in [4.78, 5) is 19.8. The molecule has 1 aromatic rings. The molecule has 0 spiro atoms. The summed E-state index contributed by atoms with van der Waals surface area (Å²) in [7, 11) is 3.49. The summed E-state index contributed by atoms with van der Waals surface area (Å²) < 4.78 is 0. The second-order valence-electron chi connectivity index (χ2n) is 2.67. The Morgan fingerprint density at radius 3 is 2.62 bits per heavy atom. The normalized spacial score (nSPS) is 9.69. The smallest absolute Gasteiger partial charge is 0.341 e. The van der Waals surface area contributed by atoms with Gasteiger partial charge in [-0.3, -0.25) is 0 Å². The van der Waals surface area contributed by atoms with Gasteiger partial charge in [-0.1, -0.05) is 0 Å². The first-order valence-corrected chi connectivity index (χ1v) is 3.55. The fraction of sp³-hybridized carbons (Fsp3) is 0.286. The van der Waals surface area contributed by atoms with Crippen molar-refractivity contribution in [3.05, 3.63) is 11.8 Å². The van der Waals surface area contributed by atoms with Crippen LogP contribution in [0.25, 0.3) is 0 Å². The number of hydrogen-bond donors (Lipinski definition) is 2. The number of aromatic carboxylic acids is 1. The van der Waals surface area contributed by atoms with Gasteiger partial charge in [-0.2, -0.15) is 4.98 Å². The molecule has 0 unspecified atom stereocenters. The largest absolute Gasteiger partial charge is 0.477 e. The zero-order valence-corrected chi connectivity index (χ0v) is 7.35.